The van der Waals surface area contributed by atoms with E-state index in [4.69, 9.17) is 11.6 Å². The van der Waals surface area contributed by atoms with Gasteiger partial charge in [-0.05, 0) is 18.1 Å². The average molecular weight is 267 g/mol. The van der Waals surface area contributed by atoms with Crippen molar-refractivity contribution in [3.05, 3.63) is 46.4 Å². The van der Waals surface area contributed by atoms with Gasteiger partial charge in [0, 0.05) is 23.0 Å². The number of hydrogen-bond donors (Lipinski definition) is 1. The van der Waals surface area contributed by atoms with Gasteiger partial charge in [-0.3, -0.25) is 4.79 Å². The minimum Gasteiger partial charge on any atom is -0.302 e. The van der Waals surface area contributed by atoms with Gasteiger partial charge in [-0.2, -0.15) is 0 Å². The smallest absolute Gasteiger partial charge is 0.226 e. The summed E-state index contributed by atoms with van der Waals surface area (Å²) >= 11 is 7.42. The summed E-state index contributed by atoms with van der Waals surface area (Å²) in [7, 11) is 0. The first-order valence-corrected chi connectivity index (χ1v) is 6.44. The minimum atomic E-state index is -0.0418. The van der Waals surface area contributed by atoms with Crippen LogP contribution in [0.5, 0.6) is 0 Å². The monoisotopic (exact) mass is 266 g/mol. The molecule has 0 unspecified atom stereocenters. The Bertz CT molecular complexity index is 499. The highest BCUT2D eigenvalue weighted by molar-refractivity contribution is 7.13. The third kappa shape index (κ3) is 3.54. The Kier molecular flexibility index (Phi) is 4.12. The predicted molar refractivity (Wildman–Crippen MR) is 70.5 cm³/mol. The maximum atomic E-state index is 11.6. The summed E-state index contributed by atoms with van der Waals surface area (Å²) in [5.41, 5.74) is 0.989. The standard InChI is InChI=1S/C12H11ClN2OS/c13-10-4-2-1-3-9(10)5-6-11(16)15-12-14-7-8-17-12/h1-4,7-8H,5-6H2,(H,14,15,16). The Hall–Kier alpha value is -1.39. The summed E-state index contributed by atoms with van der Waals surface area (Å²) in [5.74, 6) is -0.0418. The van der Waals surface area contributed by atoms with E-state index in [9.17, 15) is 4.79 Å². The molecule has 5 heteroatoms. The molecule has 88 valence electrons. The molecule has 1 amide bonds. The van der Waals surface area contributed by atoms with Gasteiger partial charge in [0.25, 0.3) is 0 Å². The van der Waals surface area contributed by atoms with E-state index in [0.717, 1.165) is 5.56 Å². The van der Waals surface area contributed by atoms with Gasteiger partial charge in [0.05, 0.1) is 0 Å². The lowest BCUT2D eigenvalue weighted by atomic mass is 10.1. The molecule has 2 rings (SSSR count). The number of rotatable bonds is 4. The number of nitrogens with zero attached hydrogens (tertiary/aromatic N) is 1. The Balaban J connectivity index is 1.86. The summed E-state index contributed by atoms with van der Waals surface area (Å²) in [6.07, 6.45) is 2.70. The van der Waals surface area contributed by atoms with Crippen molar-refractivity contribution in [1.29, 1.82) is 0 Å². The lowest BCUT2D eigenvalue weighted by molar-refractivity contribution is -0.116. The molecule has 0 spiro atoms. The first-order chi connectivity index (χ1) is 8.25. The number of anilines is 1. The van der Waals surface area contributed by atoms with Crippen molar-refractivity contribution < 1.29 is 4.79 Å². The van der Waals surface area contributed by atoms with Gasteiger partial charge in [0.2, 0.25) is 5.91 Å². The second kappa shape index (κ2) is 5.80. The van der Waals surface area contributed by atoms with Gasteiger partial charge < -0.3 is 5.32 Å². The van der Waals surface area contributed by atoms with Crippen LogP contribution in [0.25, 0.3) is 0 Å². The molecule has 0 aliphatic heterocycles. The largest absolute Gasteiger partial charge is 0.302 e. The third-order valence-electron chi connectivity index (χ3n) is 2.26. The number of thiazole rings is 1. The third-order valence-corrected chi connectivity index (χ3v) is 3.32. The van der Waals surface area contributed by atoms with Crippen LogP contribution in [-0.4, -0.2) is 10.9 Å². The van der Waals surface area contributed by atoms with E-state index in [0.29, 0.717) is 23.0 Å². The Labute approximate surface area is 108 Å². The number of nitrogens with one attached hydrogen (secondary N) is 1. The molecule has 1 aromatic carbocycles. The second-order valence-electron chi connectivity index (χ2n) is 3.48. The molecule has 0 aliphatic carbocycles. The number of aryl methyl sites for hydroxylation is 1. The lowest BCUT2D eigenvalue weighted by Crippen LogP contribution is -2.12. The fourth-order valence-electron chi connectivity index (χ4n) is 1.42. The molecular formula is C12H11ClN2OS. The van der Waals surface area contributed by atoms with E-state index < -0.39 is 0 Å². The minimum absolute atomic E-state index is 0.0418. The van der Waals surface area contributed by atoms with Crippen LogP contribution >= 0.6 is 22.9 Å². The van der Waals surface area contributed by atoms with Crippen LogP contribution in [0.1, 0.15) is 12.0 Å². The van der Waals surface area contributed by atoms with Gasteiger partial charge in [0.15, 0.2) is 5.13 Å². The van der Waals surface area contributed by atoms with Gasteiger partial charge in [0.1, 0.15) is 0 Å². The molecule has 0 fully saturated rings. The summed E-state index contributed by atoms with van der Waals surface area (Å²) < 4.78 is 0. The summed E-state index contributed by atoms with van der Waals surface area (Å²) in [5, 5.41) is 5.90. The van der Waals surface area contributed by atoms with E-state index in [1.807, 2.05) is 29.6 Å². The Morgan fingerprint density at radius 3 is 2.94 bits per heavy atom. The van der Waals surface area contributed by atoms with E-state index >= 15 is 0 Å². The second-order valence-corrected chi connectivity index (χ2v) is 4.78. The first kappa shape index (κ1) is 12.1. The predicted octanol–water partition coefficient (Wildman–Crippen LogP) is 3.37. The van der Waals surface area contributed by atoms with Crippen LogP contribution in [0.3, 0.4) is 0 Å². The van der Waals surface area contributed by atoms with Crippen molar-refractivity contribution in [2.45, 2.75) is 12.8 Å². The number of amides is 1. The molecule has 0 atom stereocenters. The van der Waals surface area contributed by atoms with E-state index in [-0.39, 0.29) is 5.91 Å². The van der Waals surface area contributed by atoms with Gasteiger partial charge in [-0.1, -0.05) is 29.8 Å². The van der Waals surface area contributed by atoms with Crippen LogP contribution in [-0.2, 0) is 11.2 Å². The molecule has 1 heterocycles. The molecule has 3 nitrogen and oxygen atoms in total. The number of benzene rings is 1. The molecule has 1 N–H and O–H groups in total. The number of carbonyl (C=O) groups is 1. The van der Waals surface area contributed by atoms with Crippen molar-refractivity contribution in [2.24, 2.45) is 0 Å². The van der Waals surface area contributed by atoms with Crippen LogP contribution in [0.4, 0.5) is 5.13 Å². The molecule has 0 saturated carbocycles. The first-order valence-electron chi connectivity index (χ1n) is 5.18. The van der Waals surface area contributed by atoms with Crippen LogP contribution < -0.4 is 5.32 Å². The molecule has 0 aliphatic rings. The van der Waals surface area contributed by atoms with Gasteiger partial charge >= 0.3 is 0 Å². The van der Waals surface area contributed by atoms with Crippen molar-refractivity contribution in [1.82, 2.24) is 4.98 Å². The summed E-state index contributed by atoms with van der Waals surface area (Å²) in [4.78, 5) is 15.6. The highest BCUT2D eigenvalue weighted by atomic mass is 35.5. The Morgan fingerprint density at radius 1 is 1.41 bits per heavy atom. The molecule has 1 aromatic heterocycles. The van der Waals surface area contributed by atoms with Crippen molar-refractivity contribution in [2.75, 3.05) is 5.32 Å². The number of hydrogen-bond acceptors (Lipinski definition) is 3. The fourth-order valence-corrected chi connectivity index (χ4v) is 2.19. The quantitative estimate of drug-likeness (QED) is 0.922. The maximum absolute atomic E-state index is 11.6. The lowest BCUT2D eigenvalue weighted by Gasteiger charge is -2.03. The molecular weight excluding hydrogens is 256 g/mol. The zero-order valence-electron chi connectivity index (χ0n) is 9.02. The number of carbonyl (C=O) groups excluding carboxylic acids is 1. The molecule has 17 heavy (non-hydrogen) atoms. The van der Waals surface area contributed by atoms with Crippen molar-refractivity contribution in [3.63, 3.8) is 0 Å². The Morgan fingerprint density at radius 2 is 2.24 bits per heavy atom. The molecule has 0 radical (unpaired) electrons. The average Bonchev–Trinajstić information content (AvgIpc) is 2.81. The van der Waals surface area contributed by atoms with E-state index in [1.54, 1.807) is 6.20 Å². The van der Waals surface area contributed by atoms with Gasteiger partial charge in [-0.25, -0.2) is 4.98 Å². The van der Waals surface area contributed by atoms with Crippen molar-refractivity contribution >= 4 is 34.0 Å². The fraction of sp³-hybridized carbons (Fsp3) is 0.167. The maximum Gasteiger partial charge on any atom is 0.226 e. The van der Waals surface area contributed by atoms with E-state index in [2.05, 4.69) is 10.3 Å². The molecule has 0 bridgehead atoms. The zero-order valence-corrected chi connectivity index (χ0v) is 10.6. The highest BCUT2D eigenvalue weighted by Gasteiger charge is 2.06. The van der Waals surface area contributed by atoms with E-state index in [1.165, 1.54) is 11.3 Å². The molecule has 2 aromatic rings. The normalized spacial score (nSPS) is 10.2. The van der Waals surface area contributed by atoms with Crippen LogP contribution in [0, 0.1) is 0 Å². The summed E-state index contributed by atoms with van der Waals surface area (Å²) in [6, 6.07) is 7.55. The number of halogens is 1. The van der Waals surface area contributed by atoms with Crippen LogP contribution in [0.2, 0.25) is 5.02 Å². The number of aromatic nitrogens is 1. The van der Waals surface area contributed by atoms with Crippen molar-refractivity contribution in [3.8, 4) is 0 Å². The van der Waals surface area contributed by atoms with Crippen LogP contribution in [0.15, 0.2) is 35.8 Å². The topological polar surface area (TPSA) is 42.0 Å². The summed E-state index contributed by atoms with van der Waals surface area (Å²) in [6.45, 7) is 0. The highest BCUT2D eigenvalue weighted by Crippen LogP contribution is 2.17. The zero-order chi connectivity index (χ0) is 12.1. The van der Waals surface area contributed by atoms with Gasteiger partial charge in [-0.15, -0.1) is 11.3 Å². The SMILES string of the molecule is O=C(CCc1ccccc1Cl)Nc1nccs1. The molecule has 0 saturated heterocycles.